The Kier molecular flexibility index (Phi) is 5.38. The van der Waals surface area contributed by atoms with Gasteiger partial charge in [0.2, 0.25) is 5.91 Å². The van der Waals surface area contributed by atoms with Gasteiger partial charge in [-0.3, -0.25) is 4.79 Å². The fourth-order valence-corrected chi connectivity index (χ4v) is 3.98. The fraction of sp³-hybridized carbons (Fsp3) is 0.368. The number of esters is 1. The fourth-order valence-electron chi connectivity index (χ4n) is 2.98. The molecule has 5 nitrogen and oxygen atoms in total. The van der Waals surface area contributed by atoms with E-state index in [1.54, 1.807) is 6.92 Å². The molecule has 0 fully saturated rings. The van der Waals surface area contributed by atoms with Crippen LogP contribution >= 0.6 is 11.3 Å². The molecule has 0 saturated carbocycles. The van der Waals surface area contributed by atoms with Crippen molar-refractivity contribution in [3.05, 3.63) is 46.3 Å². The number of fused-ring (bicyclic) bond motifs is 1. The van der Waals surface area contributed by atoms with Gasteiger partial charge >= 0.3 is 5.97 Å². The molecule has 0 saturated heterocycles. The second-order valence-corrected chi connectivity index (χ2v) is 7.01. The SMILES string of the molecule is CCOC(=O)c1cc(CC)sc1NC(=O)CN1CCc2ccccc21. The number of para-hydroxylation sites is 1. The summed E-state index contributed by atoms with van der Waals surface area (Å²) >= 11 is 1.43. The van der Waals surface area contributed by atoms with E-state index in [-0.39, 0.29) is 18.4 Å². The molecule has 2 heterocycles. The Morgan fingerprint density at radius 1 is 1.28 bits per heavy atom. The summed E-state index contributed by atoms with van der Waals surface area (Å²) in [6, 6.07) is 9.95. The molecule has 3 rings (SSSR count). The number of hydrogen-bond donors (Lipinski definition) is 1. The Bertz CT molecular complexity index is 785. The summed E-state index contributed by atoms with van der Waals surface area (Å²) in [5, 5.41) is 3.48. The predicted octanol–water partition coefficient (Wildman–Crippen LogP) is 3.49. The molecule has 0 spiro atoms. The Morgan fingerprint density at radius 2 is 2.08 bits per heavy atom. The van der Waals surface area contributed by atoms with Crippen LogP contribution in [0, 0.1) is 0 Å². The smallest absolute Gasteiger partial charge is 0.341 e. The van der Waals surface area contributed by atoms with Gasteiger partial charge in [0.25, 0.3) is 0 Å². The van der Waals surface area contributed by atoms with Crippen LogP contribution < -0.4 is 10.2 Å². The highest BCUT2D eigenvalue weighted by molar-refractivity contribution is 7.16. The van der Waals surface area contributed by atoms with Crippen LogP contribution in [0.2, 0.25) is 0 Å². The molecule has 1 aromatic carbocycles. The summed E-state index contributed by atoms with van der Waals surface area (Å²) in [5.41, 5.74) is 2.83. The van der Waals surface area contributed by atoms with Gasteiger partial charge in [0.1, 0.15) is 5.00 Å². The molecule has 1 amide bonds. The Hall–Kier alpha value is -2.34. The average Bonchev–Trinajstić information content (AvgIpc) is 3.19. The second kappa shape index (κ2) is 7.70. The predicted molar refractivity (Wildman–Crippen MR) is 101 cm³/mol. The summed E-state index contributed by atoms with van der Waals surface area (Å²) in [5.74, 6) is -0.507. The normalized spacial score (nSPS) is 12.8. The molecule has 0 aliphatic carbocycles. The van der Waals surface area contributed by atoms with Crippen molar-refractivity contribution in [3.8, 4) is 0 Å². The molecule has 0 unspecified atom stereocenters. The minimum atomic E-state index is -0.389. The van der Waals surface area contributed by atoms with Gasteiger partial charge in [0, 0.05) is 17.1 Å². The number of thiophene rings is 1. The van der Waals surface area contributed by atoms with Crippen LogP contribution in [0.25, 0.3) is 0 Å². The molecule has 0 atom stereocenters. The Balaban J connectivity index is 1.71. The summed E-state index contributed by atoms with van der Waals surface area (Å²) in [6.07, 6.45) is 1.77. The zero-order valence-corrected chi connectivity index (χ0v) is 15.3. The summed E-state index contributed by atoms with van der Waals surface area (Å²) < 4.78 is 5.09. The first kappa shape index (κ1) is 17.5. The highest BCUT2D eigenvalue weighted by Crippen LogP contribution is 2.30. The molecule has 0 bridgehead atoms. The molecule has 132 valence electrons. The minimum absolute atomic E-state index is 0.119. The average molecular weight is 358 g/mol. The van der Waals surface area contributed by atoms with Crippen LogP contribution in [-0.4, -0.2) is 31.6 Å². The summed E-state index contributed by atoms with van der Waals surface area (Å²) in [6.45, 7) is 5.22. The second-order valence-electron chi connectivity index (χ2n) is 5.88. The quantitative estimate of drug-likeness (QED) is 0.803. The topological polar surface area (TPSA) is 58.6 Å². The lowest BCUT2D eigenvalue weighted by atomic mass is 10.2. The third-order valence-corrected chi connectivity index (χ3v) is 5.39. The first-order valence-electron chi connectivity index (χ1n) is 8.54. The highest BCUT2D eigenvalue weighted by Gasteiger charge is 2.23. The van der Waals surface area contributed by atoms with Gasteiger partial charge in [-0.15, -0.1) is 11.3 Å². The molecule has 25 heavy (non-hydrogen) atoms. The molecule has 1 aromatic heterocycles. The van der Waals surface area contributed by atoms with Crippen LogP contribution in [0.15, 0.2) is 30.3 Å². The van der Waals surface area contributed by atoms with Crippen molar-refractivity contribution in [1.29, 1.82) is 0 Å². The van der Waals surface area contributed by atoms with Crippen molar-refractivity contribution in [3.63, 3.8) is 0 Å². The number of carbonyl (C=O) groups excluding carboxylic acids is 2. The van der Waals surface area contributed by atoms with E-state index in [4.69, 9.17) is 4.74 Å². The number of amides is 1. The van der Waals surface area contributed by atoms with Crippen LogP contribution in [0.5, 0.6) is 0 Å². The number of anilines is 2. The van der Waals surface area contributed by atoms with Gasteiger partial charge in [0.15, 0.2) is 0 Å². The van der Waals surface area contributed by atoms with E-state index in [2.05, 4.69) is 16.3 Å². The molecule has 2 aromatic rings. The lowest BCUT2D eigenvalue weighted by molar-refractivity contribution is -0.114. The monoisotopic (exact) mass is 358 g/mol. The highest BCUT2D eigenvalue weighted by atomic mass is 32.1. The van der Waals surface area contributed by atoms with Crippen molar-refractivity contribution in [1.82, 2.24) is 0 Å². The zero-order valence-electron chi connectivity index (χ0n) is 14.5. The van der Waals surface area contributed by atoms with E-state index >= 15 is 0 Å². The molecule has 1 aliphatic heterocycles. The van der Waals surface area contributed by atoms with E-state index in [9.17, 15) is 9.59 Å². The number of rotatable bonds is 6. The van der Waals surface area contributed by atoms with E-state index in [0.717, 1.165) is 30.0 Å². The van der Waals surface area contributed by atoms with Crippen molar-refractivity contribution in [2.75, 3.05) is 29.9 Å². The molecular formula is C19H22N2O3S. The van der Waals surface area contributed by atoms with E-state index in [1.165, 1.54) is 16.9 Å². The number of benzene rings is 1. The lowest BCUT2D eigenvalue weighted by Crippen LogP contribution is -2.32. The molecule has 1 aliphatic rings. The number of nitrogens with zero attached hydrogens (tertiary/aromatic N) is 1. The minimum Gasteiger partial charge on any atom is -0.462 e. The maximum Gasteiger partial charge on any atom is 0.341 e. The molecule has 6 heteroatoms. The third kappa shape index (κ3) is 3.85. The Morgan fingerprint density at radius 3 is 2.84 bits per heavy atom. The Labute approximate surface area is 151 Å². The van der Waals surface area contributed by atoms with Crippen LogP contribution in [0.1, 0.15) is 34.6 Å². The van der Waals surface area contributed by atoms with E-state index in [1.807, 2.05) is 31.2 Å². The largest absolute Gasteiger partial charge is 0.462 e. The van der Waals surface area contributed by atoms with Gasteiger partial charge in [-0.25, -0.2) is 4.79 Å². The van der Waals surface area contributed by atoms with E-state index in [0.29, 0.717) is 17.2 Å². The van der Waals surface area contributed by atoms with Crippen LogP contribution in [0.4, 0.5) is 10.7 Å². The van der Waals surface area contributed by atoms with Crippen LogP contribution in [-0.2, 0) is 22.4 Å². The van der Waals surface area contributed by atoms with E-state index < -0.39 is 0 Å². The molecular weight excluding hydrogens is 336 g/mol. The summed E-state index contributed by atoms with van der Waals surface area (Å²) in [4.78, 5) is 27.7. The summed E-state index contributed by atoms with van der Waals surface area (Å²) in [7, 11) is 0. The number of nitrogens with one attached hydrogen (secondary N) is 1. The van der Waals surface area contributed by atoms with Crippen molar-refractivity contribution >= 4 is 33.9 Å². The maximum absolute atomic E-state index is 12.5. The van der Waals surface area contributed by atoms with Crippen LogP contribution in [0.3, 0.4) is 0 Å². The number of aryl methyl sites for hydroxylation is 1. The lowest BCUT2D eigenvalue weighted by Gasteiger charge is -2.18. The standard InChI is InChI=1S/C19H22N2O3S/c1-3-14-11-15(19(23)24-4-2)18(25-14)20-17(22)12-21-10-9-13-7-5-6-8-16(13)21/h5-8,11H,3-4,9-10,12H2,1-2H3,(H,20,22). The van der Waals surface area contributed by atoms with Gasteiger partial charge in [-0.05, 0) is 37.5 Å². The number of ether oxygens (including phenoxy) is 1. The molecule has 0 radical (unpaired) electrons. The number of carbonyl (C=O) groups is 2. The third-order valence-electron chi connectivity index (χ3n) is 4.20. The maximum atomic E-state index is 12.5. The van der Waals surface area contributed by atoms with Gasteiger partial charge in [-0.1, -0.05) is 25.1 Å². The van der Waals surface area contributed by atoms with Crippen molar-refractivity contribution in [2.24, 2.45) is 0 Å². The molecule has 1 N–H and O–H groups in total. The van der Waals surface area contributed by atoms with Crippen molar-refractivity contribution in [2.45, 2.75) is 26.7 Å². The first-order chi connectivity index (χ1) is 12.1. The first-order valence-corrected chi connectivity index (χ1v) is 9.36. The van der Waals surface area contributed by atoms with Crippen molar-refractivity contribution < 1.29 is 14.3 Å². The van der Waals surface area contributed by atoms with Gasteiger partial charge in [0.05, 0.1) is 18.7 Å². The van der Waals surface area contributed by atoms with Gasteiger partial charge in [-0.2, -0.15) is 0 Å². The van der Waals surface area contributed by atoms with Gasteiger partial charge < -0.3 is 15.0 Å². The number of hydrogen-bond acceptors (Lipinski definition) is 5. The zero-order chi connectivity index (χ0) is 17.8.